The van der Waals surface area contributed by atoms with Gasteiger partial charge in [-0.05, 0) is 12.8 Å². The minimum absolute atomic E-state index is 0.0495. The van der Waals surface area contributed by atoms with Crippen molar-refractivity contribution < 1.29 is 14.3 Å². The van der Waals surface area contributed by atoms with Crippen LogP contribution in [0.25, 0.3) is 0 Å². The normalized spacial score (nSPS) is 15.7. The van der Waals surface area contributed by atoms with E-state index in [0.717, 1.165) is 25.9 Å². The van der Waals surface area contributed by atoms with Crippen molar-refractivity contribution in [2.75, 3.05) is 39.9 Å². The van der Waals surface area contributed by atoms with Gasteiger partial charge in [0.2, 0.25) is 5.91 Å². The number of hydrogen-bond donors (Lipinski definition) is 2. The Labute approximate surface area is 114 Å². The smallest absolute Gasteiger partial charge is 0.317 e. The minimum Gasteiger partial charge on any atom is -0.383 e. The molecule has 0 atom stereocenters. The Hall–Kier alpha value is -1.30. The monoisotopic (exact) mass is 271 g/mol. The SMILES string of the molecule is COCCNC(=O)CCNC(=O)N1CCCCCC1. The van der Waals surface area contributed by atoms with Crippen LogP contribution >= 0.6 is 0 Å². The highest BCUT2D eigenvalue weighted by atomic mass is 16.5. The Bertz CT molecular complexity index is 276. The number of carbonyl (C=O) groups is 2. The van der Waals surface area contributed by atoms with Crippen molar-refractivity contribution in [2.24, 2.45) is 0 Å². The Balaban J connectivity index is 2.10. The summed E-state index contributed by atoms with van der Waals surface area (Å²) in [7, 11) is 1.59. The van der Waals surface area contributed by atoms with Crippen molar-refractivity contribution >= 4 is 11.9 Å². The first-order valence-corrected chi connectivity index (χ1v) is 7.02. The molecule has 0 aromatic heterocycles. The zero-order valence-corrected chi connectivity index (χ0v) is 11.7. The van der Waals surface area contributed by atoms with E-state index >= 15 is 0 Å². The lowest BCUT2D eigenvalue weighted by molar-refractivity contribution is -0.121. The zero-order chi connectivity index (χ0) is 13.9. The molecule has 0 saturated carbocycles. The summed E-state index contributed by atoms with van der Waals surface area (Å²) in [6.07, 6.45) is 4.86. The first-order chi connectivity index (χ1) is 9.24. The van der Waals surface area contributed by atoms with Gasteiger partial charge in [-0.3, -0.25) is 4.79 Å². The molecule has 1 rings (SSSR count). The highest BCUT2D eigenvalue weighted by Crippen LogP contribution is 2.09. The van der Waals surface area contributed by atoms with E-state index in [4.69, 9.17) is 4.74 Å². The zero-order valence-electron chi connectivity index (χ0n) is 11.7. The first-order valence-electron chi connectivity index (χ1n) is 7.02. The number of carbonyl (C=O) groups excluding carboxylic acids is 2. The molecule has 0 bridgehead atoms. The van der Waals surface area contributed by atoms with Crippen molar-refractivity contribution in [3.8, 4) is 0 Å². The third-order valence-corrected chi connectivity index (χ3v) is 3.15. The molecule has 1 aliphatic rings. The second kappa shape index (κ2) is 9.61. The number of hydrogen-bond acceptors (Lipinski definition) is 3. The number of rotatable bonds is 6. The van der Waals surface area contributed by atoms with Gasteiger partial charge in [-0.2, -0.15) is 0 Å². The summed E-state index contributed by atoms with van der Waals surface area (Å²) in [5, 5.41) is 5.51. The maximum atomic E-state index is 11.9. The van der Waals surface area contributed by atoms with Crippen LogP contribution in [0.4, 0.5) is 4.79 Å². The average molecular weight is 271 g/mol. The van der Waals surface area contributed by atoms with Crippen LogP contribution in [0, 0.1) is 0 Å². The van der Waals surface area contributed by atoms with E-state index in [9.17, 15) is 9.59 Å². The molecule has 1 aliphatic heterocycles. The molecule has 0 aliphatic carbocycles. The highest BCUT2D eigenvalue weighted by Gasteiger charge is 2.14. The Morgan fingerprint density at radius 3 is 2.37 bits per heavy atom. The minimum atomic E-state index is -0.0618. The van der Waals surface area contributed by atoms with Crippen molar-refractivity contribution in [3.05, 3.63) is 0 Å². The molecular weight excluding hydrogens is 246 g/mol. The lowest BCUT2D eigenvalue weighted by atomic mass is 10.2. The number of ether oxygens (including phenoxy) is 1. The molecule has 1 heterocycles. The van der Waals surface area contributed by atoms with Gasteiger partial charge in [-0.1, -0.05) is 12.8 Å². The standard InChI is InChI=1S/C13H25N3O3/c1-19-11-8-14-12(17)6-7-15-13(18)16-9-4-2-3-5-10-16/h2-11H2,1H3,(H,14,17)(H,15,18). The lowest BCUT2D eigenvalue weighted by Crippen LogP contribution is -2.42. The number of amides is 3. The van der Waals surface area contributed by atoms with E-state index in [0.29, 0.717) is 26.1 Å². The van der Waals surface area contributed by atoms with Gasteiger partial charge in [0.1, 0.15) is 0 Å². The lowest BCUT2D eigenvalue weighted by Gasteiger charge is -2.20. The van der Waals surface area contributed by atoms with Crippen molar-refractivity contribution in [2.45, 2.75) is 32.1 Å². The maximum absolute atomic E-state index is 11.9. The Kier molecular flexibility index (Phi) is 7.97. The number of likely N-dealkylation sites (tertiary alicyclic amines) is 1. The fourth-order valence-corrected chi connectivity index (χ4v) is 2.05. The average Bonchev–Trinajstić information content (AvgIpc) is 2.68. The van der Waals surface area contributed by atoms with Gasteiger partial charge in [-0.15, -0.1) is 0 Å². The molecule has 110 valence electrons. The molecule has 0 radical (unpaired) electrons. The van der Waals surface area contributed by atoms with Gasteiger partial charge in [0.15, 0.2) is 0 Å². The van der Waals surface area contributed by atoms with Crippen molar-refractivity contribution in [3.63, 3.8) is 0 Å². The molecule has 2 N–H and O–H groups in total. The van der Waals surface area contributed by atoms with Crippen LogP contribution in [0.1, 0.15) is 32.1 Å². The molecule has 0 aromatic carbocycles. The molecule has 6 heteroatoms. The largest absolute Gasteiger partial charge is 0.383 e. The summed E-state index contributed by atoms with van der Waals surface area (Å²) in [5.74, 6) is -0.0618. The van der Waals surface area contributed by atoms with E-state index < -0.39 is 0 Å². The number of nitrogens with zero attached hydrogens (tertiary/aromatic N) is 1. The van der Waals surface area contributed by atoms with Crippen LogP contribution in [0.3, 0.4) is 0 Å². The summed E-state index contributed by atoms with van der Waals surface area (Å²) in [4.78, 5) is 25.1. The van der Waals surface area contributed by atoms with Gasteiger partial charge in [0.05, 0.1) is 6.61 Å². The highest BCUT2D eigenvalue weighted by molar-refractivity contribution is 5.78. The van der Waals surface area contributed by atoms with Crippen LogP contribution in [0.2, 0.25) is 0 Å². The molecule has 1 fully saturated rings. The molecule has 1 saturated heterocycles. The molecule has 6 nitrogen and oxygen atoms in total. The van der Waals surface area contributed by atoms with Crippen molar-refractivity contribution in [1.29, 1.82) is 0 Å². The second-order valence-electron chi connectivity index (χ2n) is 4.73. The van der Waals surface area contributed by atoms with Gasteiger partial charge in [0, 0.05) is 39.7 Å². The van der Waals surface area contributed by atoms with Crippen LogP contribution in [-0.4, -0.2) is 56.7 Å². The third-order valence-electron chi connectivity index (χ3n) is 3.15. The predicted octanol–water partition coefficient (Wildman–Crippen LogP) is 0.725. The topological polar surface area (TPSA) is 70.7 Å². The van der Waals surface area contributed by atoms with Gasteiger partial charge in [0.25, 0.3) is 0 Å². The van der Waals surface area contributed by atoms with Crippen LogP contribution < -0.4 is 10.6 Å². The summed E-state index contributed by atoms with van der Waals surface area (Å²) in [6.45, 7) is 3.05. The molecule has 0 aromatic rings. The number of nitrogens with one attached hydrogen (secondary N) is 2. The number of urea groups is 1. The van der Waals surface area contributed by atoms with Crippen LogP contribution in [-0.2, 0) is 9.53 Å². The van der Waals surface area contributed by atoms with E-state index in [-0.39, 0.29) is 11.9 Å². The fraction of sp³-hybridized carbons (Fsp3) is 0.846. The summed E-state index contributed by atoms with van der Waals surface area (Å²) >= 11 is 0. The Morgan fingerprint density at radius 1 is 1.05 bits per heavy atom. The molecule has 0 unspecified atom stereocenters. The van der Waals surface area contributed by atoms with Gasteiger partial charge in [-0.25, -0.2) is 4.79 Å². The Morgan fingerprint density at radius 2 is 1.74 bits per heavy atom. The summed E-state index contributed by atoms with van der Waals surface area (Å²) < 4.78 is 4.83. The van der Waals surface area contributed by atoms with Crippen LogP contribution in [0.15, 0.2) is 0 Å². The maximum Gasteiger partial charge on any atom is 0.317 e. The van der Waals surface area contributed by atoms with E-state index in [2.05, 4.69) is 10.6 Å². The van der Waals surface area contributed by atoms with E-state index in [1.807, 2.05) is 4.90 Å². The van der Waals surface area contributed by atoms with Gasteiger partial charge >= 0.3 is 6.03 Å². The van der Waals surface area contributed by atoms with Crippen molar-refractivity contribution in [1.82, 2.24) is 15.5 Å². The molecule has 0 spiro atoms. The molecule has 3 amide bonds. The number of methoxy groups -OCH3 is 1. The summed E-state index contributed by atoms with van der Waals surface area (Å²) in [6, 6.07) is -0.0495. The summed E-state index contributed by atoms with van der Waals surface area (Å²) in [5.41, 5.74) is 0. The third kappa shape index (κ3) is 7.00. The van der Waals surface area contributed by atoms with E-state index in [1.54, 1.807) is 7.11 Å². The molecular formula is C13H25N3O3. The van der Waals surface area contributed by atoms with Gasteiger partial charge < -0.3 is 20.3 Å². The quantitative estimate of drug-likeness (QED) is 0.699. The van der Waals surface area contributed by atoms with Crippen LogP contribution in [0.5, 0.6) is 0 Å². The first kappa shape index (κ1) is 15.8. The molecule has 19 heavy (non-hydrogen) atoms. The second-order valence-corrected chi connectivity index (χ2v) is 4.73. The predicted molar refractivity (Wildman–Crippen MR) is 72.9 cm³/mol. The van der Waals surface area contributed by atoms with E-state index in [1.165, 1.54) is 12.8 Å². The fourth-order valence-electron chi connectivity index (χ4n) is 2.05.